The van der Waals surface area contributed by atoms with E-state index in [9.17, 15) is 14.9 Å². The predicted molar refractivity (Wildman–Crippen MR) is 92.7 cm³/mol. The number of carbonyl (C=O) groups excluding carboxylic acids is 1. The highest BCUT2D eigenvalue weighted by Gasteiger charge is 2.40. The van der Waals surface area contributed by atoms with Crippen molar-refractivity contribution >= 4 is 17.7 Å². The van der Waals surface area contributed by atoms with Gasteiger partial charge in [-0.3, -0.25) is 9.36 Å². The van der Waals surface area contributed by atoms with Crippen LogP contribution in [-0.2, 0) is 11.3 Å². The number of nitrogens with zero attached hydrogens (tertiary/aromatic N) is 4. The van der Waals surface area contributed by atoms with E-state index in [4.69, 9.17) is 0 Å². The molecule has 0 saturated heterocycles. The molecule has 1 aliphatic rings. The van der Waals surface area contributed by atoms with Crippen LogP contribution in [0.5, 0.6) is 0 Å². The number of H-pyrrole nitrogens is 1. The molecular weight excluding hydrogens is 326 g/mol. The summed E-state index contributed by atoms with van der Waals surface area (Å²) in [7, 11) is 1.72. The van der Waals surface area contributed by atoms with E-state index in [1.165, 1.54) is 11.8 Å². The Morgan fingerprint density at radius 3 is 2.75 bits per heavy atom. The SMILES string of the molecule is CCCn1c(S[C@H](C)C(=O)N(C)C2(C#N)CCCCC2)n[nH]c1=O. The zero-order valence-electron chi connectivity index (χ0n) is 14.5. The molecule has 0 radical (unpaired) electrons. The Morgan fingerprint density at radius 2 is 2.17 bits per heavy atom. The topological polar surface area (TPSA) is 94.8 Å². The first kappa shape index (κ1) is 18.6. The Bertz CT molecular complexity index is 669. The molecule has 1 aliphatic carbocycles. The first-order valence-electron chi connectivity index (χ1n) is 8.46. The van der Waals surface area contributed by atoms with Crippen molar-refractivity contribution in [3.63, 3.8) is 0 Å². The number of aromatic nitrogens is 3. The third-order valence-corrected chi connectivity index (χ3v) is 5.74. The Balaban J connectivity index is 2.12. The molecule has 1 aromatic heterocycles. The molecule has 1 fully saturated rings. The van der Waals surface area contributed by atoms with Crippen molar-refractivity contribution in [1.29, 1.82) is 5.26 Å². The van der Waals surface area contributed by atoms with Crippen LogP contribution >= 0.6 is 11.8 Å². The summed E-state index contributed by atoms with van der Waals surface area (Å²) < 4.78 is 1.55. The van der Waals surface area contributed by atoms with Crippen LogP contribution in [0.3, 0.4) is 0 Å². The number of nitriles is 1. The van der Waals surface area contributed by atoms with Gasteiger partial charge in [0.25, 0.3) is 0 Å². The summed E-state index contributed by atoms with van der Waals surface area (Å²) in [6.07, 6.45) is 5.33. The fourth-order valence-electron chi connectivity index (χ4n) is 3.17. The highest BCUT2D eigenvalue weighted by atomic mass is 32.2. The van der Waals surface area contributed by atoms with Crippen molar-refractivity contribution < 1.29 is 4.79 Å². The Morgan fingerprint density at radius 1 is 1.50 bits per heavy atom. The Hall–Kier alpha value is -1.75. The molecule has 2 rings (SSSR count). The first-order valence-corrected chi connectivity index (χ1v) is 9.34. The average molecular weight is 351 g/mol. The minimum Gasteiger partial charge on any atom is -0.326 e. The molecule has 0 aromatic carbocycles. The van der Waals surface area contributed by atoms with Gasteiger partial charge in [-0.25, -0.2) is 9.89 Å². The van der Waals surface area contributed by atoms with Gasteiger partial charge < -0.3 is 4.90 Å². The van der Waals surface area contributed by atoms with Crippen LogP contribution < -0.4 is 5.69 Å². The fourth-order valence-corrected chi connectivity index (χ4v) is 4.14. The van der Waals surface area contributed by atoms with Gasteiger partial charge in [-0.2, -0.15) is 5.26 Å². The zero-order valence-corrected chi connectivity index (χ0v) is 15.4. The van der Waals surface area contributed by atoms with E-state index in [1.807, 2.05) is 6.92 Å². The third-order valence-electron chi connectivity index (χ3n) is 4.66. The summed E-state index contributed by atoms with van der Waals surface area (Å²) >= 11 is 1.26. The molecule has 8 heteroatoms. The largest absolute Gasteiger partial charge is 0.343 e. The minimum absolute atomic E-state index is 0.0954. The van der Waals surface area contributed by atoms with Crippen LogP contribution in [0, 0.1) is 11.3 Å². The number of amides is 1. The monoisotopic (exact) mass is 351 g/mol. The Kier molecular flexibility index (Phi) is 6.10. The number of nitrogens with one attached hydrogen (secondary N) is 1. The van der Waals surface area contributed by atoms with Gasteiger partial charge in [0.15, 0.2) is 5.16 Å². The van der Waals surface area contributed by atoms with E-state index in [1.54, 1.807) is 23.4 Å². The Labute approximate surface area is 146 Å². The van der Waals surface area contributed by atoms with Crippen molar-refractivity contribution in [2.75, 3.05) is 7.05 Å². The summed E-state index contributed by atoms with van der Waals surface area (Å²) in [4.78, 5) is 26.2. The highest BCUT2D eigenvalue weighted by molar-refractivity contribution is 8.00. The molecule has 7 nitrogen and oxygen atoms in total. The summed E-state index contributed by atoms with van der Waals surface area (Å²) in [5.74, 6) is -0.0954. The molecule has 0 unspecified atom stereocenters. The van der Waals surface area contributed by atoms with Crippen LogP contribution in [0.4, 0.5) is 0 Å². The maximum atomic E-state index is 12.8. The molecular formula is C16H25N5O2S. The summed E-state index contributed by atoms with van der Waals surface area (Å²) in [6, 6.07) is 2.37. The number of aromatic amines is 1. The average Bonchev–Trinajstić information content (AvgIpc) is 2.94. The lowest BCUT2D eigenvalue weighted by Gasteiger charge is -2.40. The lowest BCUT2D eigenvalue weighted by Crippen LogP contribution is -2.52. The second-order valence-electron chi connectivity index (χ2n) is 6.32. The van der Waals surface area contributed by atoms with Crippen molar-refractivity contribution in [2.45, 2.75) is 74.9 Å². The molecule has 24 heavy (non-hydrogen) atoms. The molecule has 0 bridgehead atoms. The van der Waals surface area contributed by atoms with Gasteiger partial charge in [0, 0.05) is 13.6 Å². The minimum atomic E-state index is -0.696. The smallest absolute Gasteiger partial charge is 0.326 e. The van der Waals surface area contributed by atoms with E-state index < -0.39 is 10.8 Å². The molecule has 132 valence electrons. The van der Waals surface area contributed by atoms with E-state index in [-0.39, 0.29) is 11.6 Å². The number of hydrogen-bond donors (Lipinski definition) is 1. The first-order chi connectivity index (χ1) is 11.4. The zero-order chi connectivity index (χ0) is 17.7. The molecule has 0 spiro atoms. The van der Waals surface area contributed by atoms with Gasteiger partial charge in [-0.05, 0) is 26.2 Å². The molecule has 1 N–H and O–H groups in total. The number of rotatable bonds is 6. The molecule has 1 saturated carbocycles. The lowest BCUT2D eigenvalue weighted by atomic mass is 9.81. The maximum absolute atomic E-state index is 12.8. The van der Waals surface area contributed by atoms with Crippen molar-refractivity contribution in [2.24, 2.45) is 0 Å². The predicted octanol–water partition coefficient (Wildman–Crippen LogP) is 2.15. The van der Waals surface area contributed by atoms with E-state index in [2.05, 4.69) is 16.3 Å². The van der Waals surface area contributed by atoms with Crippen molar-refractivity contribution in [3.05, 3.63) is 10.5 Å². The summed E-state index contributed by atoms with van der Waals surface area (Å²) in [5, 5.41) is 16.2. The summed E-state index contributed by atoms with van der Waals surface area (Å²) in [6.45, 7) is 4.35. The molecule has 1 heterocycles. The van der Waals surface area contributed by atoms with Gasteiger partial charge in [0.05, 0.1) is 11.3 Å². The molecule has 1 amide bonds. The highest BCUT2D eigenvalue weighted by Crippen LogP contribution is 2.34. The van der Waals surface area contributed by atoms with E-state index in [0.29, 0.717) is 11.7 Å². The molecule has 0 aliphatic heterocycles. The number of thioether (sulfide) groups is 1. The van der Waals surface area contributed by atoms with Crippen LogP contribution in [0.25, 0.3) is 0 Å². The van der Waals surface area contributed by atoms with E-state index in [0.717, 1.165) is 38.5 Å². The maximum Gasteiger partial charge on any atom is 0.343 e. The summed E-state index contributed by atoms with van der Waals surface area (Å²) in [5.41, 5.74) is -0.952. The van der Waals surface area contributed by atoms with Crippen molar-refractivity contribution in [1.82, 2.24) is 19.7 Å². The standard InChI is InChI=1S/C16H25N5O2S/c1-4-10-21-14(23)18-19-15(21)24-12(2)13(22)20(3)16(11-17)8-6-5-7-9-16/h12H,4-10H2,1-3H3,(H,18,23)/t12-/m1/s1. The van der Waals surface area contributed by atoms with Gasteiger partial charge in [-0.15, -0.1) is 5.10 Å². The van der Waals surface area contributed by atoms with Crippen LogP contribution in [0.1, 0.15) is 52.4 Å². The lowest BCUT2D eigenvalue weighted by molar-refractivity contribution is -0.133. The van der Waals surface area contributed by atoms with Crippen LogP contribution in [0.2, 0.25) is 0 Å². The molecule has 1 atom stereocenters. The number of carbonyl (C=O) groups is 1. The second-order valence-corrected chi connectivity index (χ2v) is 7.63. The van der Waals surface area contributed by atoms with Gasteiger partial charge in [-0.1, -0.05) is 37.9 Å². The van der Waals surface area contributed by atoms with Gasteiger partial charge in [0.2, 0.25) is 5.91 Å². The fraction of sp³-hybridized carbons (Fsp3) is 0.750. The van der Waals surface area contributed by atoms with Crippen LogP contribution in [0.15, 0.2) is 9.95 Å². The van der Waals surface area contributed by atoms with Crippen molar-refractivity contribution in [3.8, 4) is 6.07 Å². The molecule has 1 aromatic rings. The number of hydrogen-bond acceptors (Lipinski definition) is 5. The van der Waals surface area contributed by atoms with E-state index >= 15 is 0 Å². The van der Waals surface area contributed by atoms with Gasteiger partial charge >= 0.3 is 5.69 Å². The van der Waals surface area contributed by atoms with Crippen LogP contribution in [-0.4, -0.2) is 43.4 Å². The third kappa shape index (κ3) is 3.66. The van der Waals surface area contributed by atoms with Gasteiger partial charge in [0.1, 0.15) is 5.54 Å². The normalized spacial score (nSPS) is 17.9. The second kappa shape index (κ2) is 7.88. The quantitative estimate of drug-likeness (QED) is 0.792.